The fourth-order valence-corrected chi connectivity index (χ4v) is 2.49. The molecule has 2 heterocycles. The normalized spacial score (nSPS) is 50.0. The van der Waals surface area contributed by atoms with Crippen molar-refractivity contribution in [1.82, 2.24) is 9.80 Å². The highest BCUT2D eigenvalue weighted by Crippen LogP contribution is 2.43. The molecule has 2 aliphatic heterocycles. The Morgan fingerprint density at radius 2 is 1.75 bits per heavy atom. The van der Waals surface area contributed by atoms with Gasteiger partial charge < -0.3 is 0 Å². The van der Waals surface area contributed by atoms with Crippen LogP contribution >= 0.6 is 0 Å². The Labute approximate surface area is 71.1 Å². The molecule has 3 unspecified atom stereocenters. The zero-order valence-electron chi connectivity index (χ0n) is 7.43. The van der Waals surface area contributed by atoms with E-state index in [9.17, 15) is 8.78 Å². The summed E-state index contributed by atoms with van der Waals surface area (Å²) < 4.78 is 26.3. The van der Waals surface area contributed by atoms with Crippen LogP contribution in [0.5, 0.6) is 0 Å². The molecular weight excluding hydrogens is 162 g/mol. The molecule has 0 amide bonds. The predicted octanol–water partition coefficient (Wildman–Crippen LogP) is 0.640. The number of hydrogen-bond donors (Lipinski definition) is 0. The number of rotatable bonds is 0. The first-order chi connectivity index (χ1) is 5.57. The maximum absolute atomic E-state index is 13.3. The highest BCUT2D eigenvalue weighted by Gasteiger charge is 2.59. The molecule has 2 aliphatic rings. The zero-order valence-corrected chi connectivity index (χ0v) is 7.43. The Bertz CT molecular complexity index is 189. The Hall–Kier alpha value is -0.220. The standard InChI is InChI=1S/C8H14F2N2/c1-11-4-6(9)3-8(11)7(10)5-12(8)2/h6-7H,3-5H2,1-2H3. The van der Waals surface area contributed by atoms with E-state index in [1.54, 1.807) is 11.9 Å². The van der Waals surface area contributed by atoms with Crippen LogP contribution in [0.2, 0.25) is 0 Å². The lowest BCUT2D eigenvalue weighted by Gasteiger charge is -2.54. The van der Waals surface area contributed by atoms with Crippen molar-refractivity contribution in [3.8, 4) is 0 Å². The first-order valence-electron chi connectivity index (χ1n) is 4.28. The average molecular weight is 176 g/mol. The van der Waals surface area contributed by atoms with Crippen LogP contribution in [-0.2, 0) is 0 Å². The zero-order chi connectivity index (χ0) is 8.93. The van der Waals surface area contributed by atoms with E-state index < -0.39 is 18.0 Å². The van der Waals surface area contributed by atoms with E-state index in [4.69, 9.17) is 0 Å². The van der Waals surface area contributed by atoms with Crippen molar-refractivity contribution in [2.75, 3.05) is 27.2 Å². The molecule has 0 aromatic heterocycles. The van der Waals surface area contributed by atoms with Gasteiger partial charge in [0.2, 0.25) is 0 Å². The van der Waals surface area contributed by atoms with Crippen molar-refractivity contribution >= 4 is 0 Å². The van der Waals surface area contributed by atoms with E-state index in [-0.39, 0.29) is 0 Å². The Kier molecular flexibility index (Phi) is 1.67. The van der Waals surface area contributed by atoms with E-state index in [1.165, 1.54) is 0 Å². The van der Waals surface area contributed by atoms with Crippen molar-refractivity contribution in [3.05, 3.63) is 0 Å². The van der Waals surface area contributed by atoms with Gasteiger partial charge in [0, 0.05) is 19.5 Å². The van der Waals surface area contributed by atoms with E-state index in [0.717, 1.165) is 0 Å². The minimum absolute atomic E-state index is 0.321. The second-order valence-electron chi connectivity index (χ2n) is 3.91. The number of alkyl halides is 2. The van der Waals surface area contributed by atoms with E-state index in [0.29, 0.717) is 19.5 Å². The molecule has 70 valence electrons. The summed E-state index contributed by atoms with van der Waals surface area (Å²) >= 11 is 0. The third-order valence-corrected chi connectivity index (χ3v) is 3.25. The van der Waals surface area contributed by atoms with Gasteiger partial charge in [-0.1, -0.05) is 0 Å². The van der Waals surface area contributed by atoms with Crippen LogP contribution in [0, 0.1) is 0 Å². The number of nitrogens with zero attached hydrogens (tertiary/aromatic N) is 2. The summed E-state index contributed by atoms with van der Waals surface area (Å²) in [5.74, 6) is 0. The fraction of sp³-hybridized carbons (Fsp3) is 1.00. The molecule has 0 saturated carbocycles. The van der Waals surface area contributed by atoms with Crippen molar-refractivity contribution in [2.45, 2.75) is 24.4 Å². The topological polar surface area (TPSA) is 6.48 Å². The molecule has 12 heavy (non-hydrogen) atoms. The summed E-state index contributed by atoms with van der Waals surface area (Å²) in [6, 6.07) is 0. The minimum Gasteiger partial charge on any atom is -0.283 e. The first-order valence-corrected chi connectivity index (χ1v) is 4.28. The van der Waals surface area contributed by atoms with Gasteiger partial charge in [-0.2, -0.15) is 0 Å². The third kappa shape index (κ3) is 0.796. The molecule has 0 aromatic rings. The van der Waals surface area contributed by atoms with Gasteiger partial charge in [0.15, 0.2) is 0 Å². The lowest BCUT2D eigenvalue weighted by Crippen LogP contribution is -2.72. The summed E-state index contributed by atoms with van der Waals surface area (Å²) in [6.07, 6.45) is -1.43. The SMILES string of the molecule is CN1CC(F)CC12C(F)CN2C. The molecule has 0 N–H and O–H groups in total. The van der Waals surface area contributed by atoms with Crippen LogP contribution in [0.3, 0.4) is 0 Å². The quantitative estimate of drug-likeness (QED) is 0.534. The molecule has 0 aliphatic carbocycles. The van der Waals surface area contributed by atoms with Crippen LogP contribution in [0.15, 0.2) is 0 Å². The lowest BCUT2D eigenvalue weighted by molar-refractivity contribution is -0.152. The monoisotopic (exact) mass is 176 g/mol. The average Bonchev–Trinajstić information content (AvgIpc) is 2.29. The molecule has 0 aromatic carbocycles. The van der Waals surface area contributed by atoms with Crippen molar-refractivity contribution in [3.63, 3.8) is 0 Å². The van der Waals surface area contributed by atoms with Gasteiger partial charge in [-0.05, 0) is 14.1 Å². The highest BCUT2D eigenvalue weighted by atomic mass is 19.1. The van der Waals surface area contributed by atoms with Crippen molar-refractivity contribution < 1.29 is 8.78 Å². The number of halogens is 2. The molecule has 0 radical (unpaired) electrons. The van der Waals surface area contributed by atoms with Crippen molar-refractivity contribution in [1.29, 1.82) is 0 Å². The first kappa shape index (κ1) is 8.38. The summed E-state index contributed by atoms with van der Waals surface area (Å²) in [4.78, 5) is 3.70. The number of likely N-dealkylation sites (tertiary alicyclic amines) is 2. The lowest BCUT2D eigenvalue weighted by atomic mass is 9.90. The van der Waals surface area contributed by atoms with E-state index >= 15 is 0 Å². The van der Waals surface area contributed by atoms with Crippen LogP contribution < -0.4 is 0 Å². The van der Waals surface area contributed by atoms with Gasteiger partial charge in [0.1, 0.15) is 18.0 Å². The molecule has 2 nitrogen and oxygen atoms in total. The largest absolute Gasteiger partial charge is 0.283 e. The van der Waals surface area contributed by atoms with E-state index in [1.807, 2.05) is 11.9 Å². The maximum atomic E-state index is 13.3. The molecule has 1 spiro atoms. The Morgan fingerprint density at radius 3 is 2.00 bits per heavy atom. The smallest absolute Gasteiger partial charge is 0.144 e. The fourth-order valence-electron chi connectivity index (χ4n) is 2.49. The summed E-state index contributed by atoms with van der Waals surface area (Å²) in [5, 5.41) is 0. The van der Waals surface area contributed by atoms with Gasteiger partial charge >= 0.3 is 0 Å². The summed E-state index contributed by atoms with van der Waals surface area (Å²) in [6.45, 7) is 0.807. The van der Waals surface area contributed by atoms with E-state index in [2.05, 4.69) is 0 Å². The number of hydrogen-bond acceptors (Lipinski definition) is 2. The summed E-state index contributed by atoms with van der Waals surface area (Å²) in [5.41, 5.74) is -0.612. The molecule has 3 atom stereocenters. The molecule has 2 saturated heterocycles. The molecule has 2 rings (SSSR count). The molecular formula is C8H14F2N2. The second kappa shape index (κ2) is 2.39. The Morgan fingerprint density at radius 1 is 1.17 bits per heavy atom. The van der Waals surface area contributed by atoms with Crippen LogP contribution in [-0.4, -0.2) is 55.0 Å². The molecule has 4 heteroatoms. The second-order valence-corrected chi connectivity index (χ2v) is 3.91. The Balaban J connectivity index is 2.19. The van der Waals surface area contributed by atoms with Crippen molar-refractivity contribution in [2.24, 2.45) is 0 Å². The van der Waals surface area contributed by atoms with Crippen LogP contribution in [0.1, 0.15) is 6.42 Å². The predicted molar refractivity (Wildman–Crippen MR) is 42.4 cm³/mol. The highest BCUT2D eigenvalue weighted by molar-refractivity contribution is 5.09. The van der Waals surface area contributed by atoms with Crippen LogP contribution in [0.25, 0.3) is 0 Å². The van der Waals surface area contributed by atoms with Gasteiger partial charge in [0.25, 0.3) is 0 Å². The van der Waals surface area contributed by atoms with Gasteiger partial charge in [0.05, 0.1) is 0 Å². The van der Waals surface area contributed by atoms with Gasteiger partial charge in [-0.15, -0.1) is 0 Å². The third-order valence-electron chi connectivity index (χ3n) is 3.25. The van der Waals surface area contributed by atoms with Gasteiger partial charge in [-0.3, -0.25) is 9.80 Å². The minimum atomic E-state index is -0.881. The molecule has 0 bridgehead atoms. The summed E-state index contributed by atoms with van der Waals surface area (Å²) in [7, 11) is 3.65. The van der Waals surface area contributed by atoms with Gasteiger partial charge in [-0.25, -0.2) is 8.78 Å². The van der Waals surface area contributed by atoms with Crippen LogP contribution in [0.4, 0.5) is 8.78 Å². The maximum Gasteiger partial charge on any atom is 0.144 e. The molecule has 2 fully saturated rings.